The number of furan rings is 1. The molecule has 1 fully saturated rings. The average Bonchev–Trinajstić information content (AvgIpc) is 3.05. The summed E-state index contributed by atoms with van der Waals surface area (Å²) in [5, 5.41) is 2.93. The van der Waals surface area contributed by atoms with Crippen LogP contribution in [-0.2, 0) is 10.3 Å². The van der Waals surface area contributed by atoms with Crippen molar-refractivity contribution in [2.75, 3.05) is 13.2 Å². The lowest BCUT2D eigenvalue weighted by molar-refractivity contribution is 0.0325. The summed E-state index contributed by atoms with van der Waals surface area (Å²) >= 11 is 0. The van der Waals surface area contributed by atoms with Gasteiger partial charge in [0.05, 0.1) is 11.8 Å². The maximum absolute atomic E-state index is 14.4. The van der Waals surface area contributed by atoms with Crippen LogP contribution in [0, 0.1) is 11.6 Å². The number of hydrogen-bond donors (Lipinski definition) is 1. The summed E-state index contributed by atoms with van der Waals surface area (Å²) in [7, 11) is 0. The van der Waals surface area contributed by atoms with Crippen molar-refractivity contribution in [1.82, 2.24) is 5.32 Å². The molecule has 1 saturated heterocycles. The fourth-order valence-electron chi connectivity index (χ4n) is 3.29. The van der Waals surface area contributed by atoms with Crippen molar-refractivity contribution in [3.05, 3.63) is 59.1 Å². The molecular formula is C19H21F2NO3. The maximum atomic E-state index is 14.4. The van der Waals surface area contributed by atoms with Crippen molar-refractivity contribution in [1.29, 1.82) is 0 Å². The lowest BCUT2D eigenvalue weighted by Crippen LogP contribution is -2.50. The quantitative estimate of drug-likeness (QED) is 0.903. The van der Waals surface area contributed by atoms with Gasteiger partial charge in [-0.2, -0.15) is 0 Å². The third-order valence-corrected chi connectivity index (χ3v) is 4.67. The van der Waals surface area contributed by atoms with E-state index in [-0.39, 0.29) is 17.2 Å². The Morgan fingerprint density at radius 2 is 1.92 bits per heavy atom. The molecule has 25 heavy (non-hydrogen) atoms. The Balaban J connectivity index is 1.96. The Morgan fingerprint density at radius 3 is 2.56 bits per heavy atom. The summed E-state index contributed by atoms with van der Waals surface area (Å²) in [5.41, 5.74) is 0.108. The summed E-state index contributed by atoms with van der Waals surface area (Å²) in [6.07, 6.45) is 2.28. The zero-order valence-corrected chi connectivity index (χ0v) is 14.3. The minimum atomic E-state index is -0.950. The number of nitrogens with one attached hydrogen (secondary N) is 1. The zero-order valence-electron chi connectivity index (χ0n) is 14.3. The smallest absolute Gasteiger partial charge is 0.287 e. The minimum absolute atomic E-state index is 0.118. The summed E-state index contributed by atoms with van der Waals surface area (Å²) in [6, 6.07) is 5.19. The highest BCUT2D eigenvalue weighted by molar-refractivity contribution is 5.93. The molecule has 1 aliphatic rings. The van der Waals surface area contributed by atoms with Crippen molar-refractivity contribution >= 4 is 5.91 Å². The van der Waals surface area contributed by atoms with Crippen molar-refractivity contribution < 1.29 is 22.7 Å². The molecule has 134 valence electrons. The van der Waals surface area contributed by atoms with E-state index in [0.717, 1.165) is 11.6 Å². The van der Waals surface area contributed by atoms with E-state index in [4.69, 9.17) is 9.15 Å². The molecule has 2 aromatic rings. The average molecular weight is 349 g/mol. The van der Waals surface area contributed by atoms with E-state index in [1.807, 2.05) is 13.8 Å². The highest BCUT2D eigenvalue weighted by Crippen LogP contribution is 2.35. The van der Waals surface area contributed by atoms with Gasteiger partial charge in [-0.05, 0) is 30.9 Å². The molecule has 0 bridgehead atoms. The SMILES string of the molecule is CC(C)c1ccoc1C(=O)NC1(c2ccc(F)cc2F)CCOCC1. The number of carbonyl (C=O) groups is 1. The number of benzene rings is 1. The topological polar surface area (TPSA) is 51.5 Å². The maximum Gasteiger partial charge on any atom is 0.287 e. The number of amides is 1. The third kappa shape index (κ3) is 3.44. The molecule has 0 atom stereocenters. The molecule has 0 saturated carbocycles. The molecule has 1 aromatic heterocycles. The molecule has 1 aromatic carbocycles. The van der Waals surface area contributed by atoms with Crippen LogP contribution >= 0.6 is 0 Å². The van der Waals surface area contributed by atoms with Crippen LogP contribution in [0.3, 0.4) is 0 Å². The Bertz CT molecular complexity index is 764. The van der Waals surface area contributed by atoms with E-state index in [0.29, 0.717) is 26.1 Å². The van der Waals surface area contributed by atoms with E-state index in [1.165, 1.54) is 18.4 Å². The van der Waals surface area contributed by atoms with Gasteiger partial charge in [0.1, 0.15) is 11.6 Å². The second kappa shape index (κ2) is 6.96. The standard InChI is InChI=1S/C19H21F2NO3/c1-12(2)14-5-8-25-17(14)18(23)22-19(6-9-24-10-7-19)15-4-3-13(20)11-16(15)21/h3-5,8,11-12H,6-7,9-10H2,1-2H3,(H,22,23). The molecule has 2 heterocycles. The third-order valence-electron chi connectivity index (χ3n) is 4.67. The second-order valence-electron chi connectivity index (χ2n) is 6.63. The van der Waals surface area contributed by atoms with E-state index in [9.17, 15) is 13.6 Å². The predicted molar refractivity (Wildman–Crippen MR) is 88.4 cm³/mol. The minimum Gasteiger partial charge on any atom is -0.459 e. The monoisotopic (exact) mass is 349 g/mol. The van der Waals surface area contributed by atoms with Gasteiger partial charge in [0, 0.05) is 30.4 Å². The van der Waals surface area contributed by atoms with E-state index < -0.39 is 23.1 Å². The molecule has 0 unspecified atom stereocenters. The van der Waals surface area contributed by atoms with Crippen LogP contribution in [0.25, 0.3) is 0 Å². The Morgan fingerprint density at radius 1 is 1.20 bits per heavy atom. The molecule has 3 rings (SSSR count). The van der Waals surface area contributed by atoms with Crippen LogP contribution in [0.5, 0.6) is 0 Å². The lowest BCUT2D eigenvalue weighted by atomic mass is 9.82. The lowest BCUT2D eigenvalue weighted by Gasteiger charge is -2.38. The fourth-order valence-corrected chi connectivity index (χ4v) is 3.29. The van der Waals surface area contributed by atoms with Crippen LogP contribution < -0.4 is 5.32 Å². The molecule has 1 N–H and O–H groups in total. The van der Waals surface area contributed by atoms with Crippen molar-refractivity contribution in [3.8, 4) is 0 Å². The largest absolute Gasteiger partial charge is 0.459 e. The molecule has 0 spiro atoms. The predicted octanol–water partition coefficient (Wildman–Crippen LogP) is 4.12. The number of halogens is 2. The van der Waals surface area contributed by atoms with E-state index in [1.54, 1.807) is 6.07 Å². The van der Waals surface area contributed by atoms with E-state index in [2.05, 4.69) is 5.32 Å². The van der Waals surface area contributed by atoms with Crippen molar-refractivity contribution in [2.24, 2.45) is 0 Å². The van der Waals surface area contributed by atoms with Gasteiger partial charge in [-0.1, -0.05) is 19.9 Å². The van der Waals surface area contributed by atoms with Gasteiger partial charge in [0.25, 0.3) is 5.91 Å². The highest BCUT2D eigenvalue weighted by atomic mass is 19.1. The first-order valence-corrected chi connectivity index (χ1v) is 8.36. The normalized spacial score (nSPS) is 16.8. The molecular weight excluding hydrogens is 328 g/mol. The molecule has 0 aliphatic carbocycles. The van der Waals surface area contributed by atoms with Crippen LogP contribution in [0.4, 0.5) is 8.78 Å². The summed E-state index contributed by atoms with van der Waals surface area (Å²) < 4.78 is 38.5. The van der Waals surface area contributed by atoms with E-state index >= 15 is 0 Å². The summed E-state index contributed by atoms with van der Waals surface area (Å²) in [5.74, 6) is -1.39. The number of ether oxygens (including phenoxy) is 1. The highest BCUT2D eigenvalue weighted by Gasteiger charge is 2.39. The number of carbonyl (C=O) groups excluding carboxylic acids is 1. The first kappa shape index (κ1) is 17.6. The Labute approximate surface area is 145 Å². The van der Waals surface area contributed by atoms with Gasteiger partial charge in [-0.25, -0.2) is 8.78 Å². The molecule has 6 heteroatoms. The van der Waals surface area contributed by atoms with Gasteiger partial charge in [0.2, 0.25) is 0 Å². The van der Waals surface area contributed by atoms with Gasteiger partial charge in [-0.3, -0.25) is 4.79 Å². The Kier molecular flexibility index (Phi) is 4.90. The Hall–Kier alpha value is -2.21. The van der Waals surface area contributed by atoms with Crippen LogP contribution in [0.2, 0.25) is 0 Å². The summed E-state index contributed by atoms with van der Waals surface area (Å²) in [6.45, 7) is 4.69. The van der Waals surface area contributed by atoms with Gasteiger partial charge >= 0.3 is 0 Å². The molecule has 0 radical (unpaired) electrons. The summed E-state index contributed by atoms with van der Waals surface area (Å²) in [4.78, 5) is 12.8. The molecule has 1 amide bonds. The van der Waals surface area contributed by atoms with Crippen molar-refractivity contribution in [3.63, 3.8) is 0 Å². The van der Waals surface area contributed by atoms with Gasteiger partial charge in [0.15, 0.2) is 5.76 Å². The van der Waals surface area contributed by atoms with Crippen LogP contribution in [-0.4, -0.2) is 19.1 Å². The second-order valence-corrected chi connectivity index (χ2v) is 6.63. The number of hydrogen-bond acceptors (Lipinski definition) is 3. The van der Waals surface area contributed by atoms with Crippen molar-refractivity contribution in [2.45, 2.75) is 38.1 Å². The number of rotatable bonds is 4. The van der Waals surface area contributed by atoms with Gasteiger partial charge < -0.3 is 14.5 Å². The van der Waals surface area contributed by atoms with Crippen LogP contribution in [0.15, 0.2) is 34.9 Å². The van der Waals surface area contributed by atoms with Gasteiger partial charge in [-0.15, -0.1) is 0 Å². The zero-order chi connectivity index (χ0) is 18.0. The fraction of sp³-hybridized carbons (Fsp3) is 0.421. The first-order chi connectivity index (χ1) is 11.9. The van der Waals surface area contributed by atoms with Crippen LogP contribution in [0.1, 0.15) is 54.3 Å². The first-order valence-electron chi connectivity index (χ1n) is 8.36. The molecule has 1 aliphatic heterocycles. The molecule has 4 nitrogen and oxygen atoms in total.